The van der Waals surface area contributed by atoms with Gasteiger partial charge in [-0.15, -0.1) is 11.3 Å². The van der Waals surface area contributed by atoms with E-state index in [1.807, 2.05) is 18.2 Å². The number of anilines is 1. The van der Waals surface area contributed by atoms with Crippen LogP contribution in [0.2, 0.25) is 5.02 Å². The van der Waals surface area contributed by atoms with E-state index in [0.717, 1.165) is 21.6 Å². The molecule has 0 saturated carbocycles. The summed E-state index contributed by atoms with van der Waals surface area (Å²) in [6, 6.07) is 5.98. The van der Waals surface area contributed by atoms with Crippen LogP contribution in [0.5, 0.6) is 0 Å². The molecule has 0 radical (unpaired) electrons. The number of halogens is 2. The fourth-order valence-corrected chi connectivity index (χ4v) is 3.36. The summed E-state index contributed by atoms with van der Waals surface area (Å²) >= 11 is 11.0. The molecule has 0 spiro atoms. The van der Waals surface area contributed by atoms with Gasteiger partial charge in [-0.3, -0.25) is 0 Å². The molecule has 1 heterocycles. The lowest BCUT2D eigenvalue weighted by Gasteiger charge is -2.06. The Kier molecular flexibility index (Phi) is 4.30. The summed E-state index contributed by atoms with van der Waals surface area (Å²) in [6.45, 7) is 4.27. The normalized spacial score (nSPS) is 11.2. The Morgan fingerprint density at radius 2 is 2.17 bits per heavy atom. The van der Waals surface area contributed by atoms with Gasteiger partial charge in [-0.05, 0) is 39.5 Å². The van der Waals surface area contributed by atoms with E-state index in [1.165, 1.54) is 10.4 Å². The highest BCUT2D eigenvalue weighted by molar-refractivity contribution is 9.10. The van der Waals surface area contributed by atoms with Gasteiger partial charge < -0.3 is 5.73 Å². The molecule has 0 saturated heterocycles. The maximum Gasteiger partial charge on any atom is 0.180 e. The van der Waals surface area contributed by atoms with Crippen molar-refractivity contribution < 1.29 is 0 Å². The van der Waals surface area contributed by atoms with Crippen LogP contribution in [0.25, 0.3) is 0 Å². The molecule has 0 atom stereocenters. The van der Waals surface area contributed by atoms with Gasteiger partial charge in [0.2, 0.25) is 0 Å². The molecule has 0 bridgehead atoms. The summed E-state index contributed by atoms with van der Waals surface area (Å²) in [6.07, 6.45) is 0.845. The van der Waals surface area contributed by atoms with Gasteiger partial charge in [-0.2, -0.15) is 0 Å². The second kappa shape index (κ2) is 5.59. The van der Waals surface area contributed by atoms with Crippen LogP contribution >= 0.6 is 38.9 Å². The number of benzene rings is 1. The van der Waals surface area contributed by atoms with Gasteiger partial charge in [0.25, 0.3) is 0 Å². The summed E-state index contributed by atoms with van der Waals surface area (Å²) in [4.78, 5) is 5.64. The molecule has 0 unspecified atom stereocenters. The Balaban J connectivity index is 2.30. The quantitative estimate of drug-likeness (QED) is 0.863. The third-order valence-corrected chi connectivity index (χ3v) is 4.75. The predicted octanol–water partition coefficient (Wildman–Crippen LogP) is 4.86. The Bertz CT molecular complexity index is 566. The SMILES string of the molecule is CC(C)c1nc(N)sc1Cc1ccc(Cl)c(Br)c1. The smallest absolute Gasteiger partial charge is 0.180 e. The Hall–Kier alpha value is -0.580. The maximum atomic E-state index is 5.99. The van der Waals surface area contributed by atoms with Gasteiger partial charge in [0.05, 0.1) is 10.7 Å². The fraction of sp³-hybridized carbons (Fsp3) is 0.308. The molecule has 0 aliphatic heterocycles. The number of rotatable bonds is 3. The van der Waals surface area contributed by atoms with Crippen LogP contribution in [-0.4, -0.2) is 4.98 Å². The van der Waals surface area contributed by atoms with E-state index >= 15 is 0 Å². The number of nitrogens with two attached hydrogens (primary N) is 1. The summed E-state index contributed by atoms with van der Waals surface area (Å²) in [5, 5.41) is 1.37. The predicted molar refractivity (Wildman–Crippen MR) is 82.6 cm³/mol. The van der Waals surface area contributed by atoms with Crippen LogP contribution in [0.15, 0.2) is 22.7 Å². The van der Waals surface area contributed by atoms with Gasteiger partial charge in [-0.1, -0.05) is 31.5 Å². The summed E-state index contributed by atoms with van der Waals surface area (Å²) in [5.74, 6) is 0.393. The molecule has 2 rings (SSSR count). The minimum atomic E-state index is 0.393. The van der Waals surface area contributed by atoms with E-state index in [1.54, 1.807) is 11.3 Å². The molecule has 0 amide bonds. The molecule has 2 nitrogen and oxygen atoms in total. The topological polar surface area (TPSA) is 38.9 Å². The maximum absolute atomic E-state index is 5.99. The number of thiazole rings is 1. The van der Waals surface area contributed by atoms with Crippen LogP contribution < -0.4 is 5.73 Å². The van der Waals surface area contributed by atoms with Gasteiger partial charge in [0, 0.05) is 15.8 Å². The minimum Gasteiger partial charge on any atom is -0.375 e. The first kappa shape index (κ1) is 13.8. The summed E-state index contributed by atoms with van der Waals surface area (Å²) in [7, 11) is 0. The molecule has 18 heavy (non-hydrogen) atoms. The van der Waals surface area contributed by atoms with Crippen LogP contribution in [0.3, 0.4) is 0 Å². The van der Waals surface area contributed by atoms with E-state index in [0.29, 0.717) is 11.0 Å². The standard InChI is InChI=1S/C13H14BrClN2S/c1-7(2)12-11(18-13(16)17-12)6-8-3-4-10(15)9(14)5-8/h3-5,7H,6H2,1-2H3,(H2,16,17). The molecular weight excluding hydrogens is 332 g/mol. The second-order valence-electron chi connectivity index (χ2n) is 4.44. The number of hydrogen-bond acceptors (Lipinski definition) is 3. The lowest BCUT2D eigenvalue weighted by atomic mass is 10.0. The number of hydrogen-bond donors (Lipinski definition) is 1. The molecule has 0 aliphatic rings. The van der Waals surface area contributed by atoms with Gasteiger partial charge >= 0.3 is 0 Å². The van der Waals surface area contributed by atoms with Crippen LogP contribution in [-0.2, 0) is 6.42 Å². The summed E-state index contributed by atoms with van der Waals surface area (Å²) < 4.78 is 0.922. The van der Waals surface area contributed by atoms with Crippen molar-refractivity contribution in [2.75, 3.05) is 5.73 Å². The van der Waals surface area contributed by atoms with Crippen molar-refractivity contribution in [3.05, 3.63) is 43.8 Å². The van der Waals surface area contributed by atoms with Gasteiger partial charge in [-0.25, -0.2) is 4.98 Å². The first-order valence-electron chi connectivity index (χ1n) is 5.66. The van der Waals surface area contributed by atoms with Crippen molar-refractivity contribution in [3.8, 4) is 0 Å². The lowest BCUT2D eigenvalue weighted by Crippen LogP contribution is -1.95. The molecule has 1 aromatic carbocycles. The Morgan fingerprint density at radius 3 is 2.78 bits per heavy atom. The molecule has 5 heteroatoms. The van der Waals surface area contributed by atoms with E-state index in [2.05, 4.69) is 34.8 Å². The largest absolute Gasteiger partial charge is 0.375 e. The first-order valence-corrected chi connectivity index (χ1v) is 7.65. The highest BCUT2D eigenvalue weighted by Crippen LogP contribution is 2.30. The fourth-order valence-electron chi connectivity index (χ4n) is 1.80. The third kappa shape index (κ3) is 3.05. The number of nitrogens with zero attached hydrogens (tertiary/aromatic N) is 1. The molecular formula is C13H14BrClN2S. The van der Waals surface area contributed by atoms with Crippen molar-refractivity contribution in [1.82, 2.24) is 4.98 Å². The summed E-state index contributed by atoms with van der Waals surface area (Å²) in [5.41, 5.74) is 8.11. The van der Waals surface area contributed by atoms with Crippen molar-refractivity contribution >= 4 is 44.0 Å². The molecule has 96 valence electrons. The average molecular weight is 346 g/mol. The van der Waals surface area contributed by atoms with Gasteiger partial charge in [0.1, 0.15) is 0 Å². The van der Waals surface area contributed by atoms with Gasteiger partial charge in [0.15, 0.2) is 5.13 Å². The van der Waals surface area contributed by atoms with E-state index in [4.69, 9.17) is 17.3 Å². The Morgan fingerprint density at radius 1 is 1.44 bits per heavy atom. The molecule has 0 fully saturated rings. The Labute approximate surface area is 124 Å². The van der Waals surface area contributed by atoms with Crippen LogP contribution in [0.4, 0.5) is 5.13 Å². The molecule has 2 N–H and O–H groups in total. The van der Waals surface area contributed by atoms with Crippen molar-refractivity contribution in [3.63, 3.8) is 0 Å². The zero-order chi connectivity index (χ0) is 13.3. The first-order chi connectivity index (χ1) is 8.47. The lowest BCUT2D eigenvalue weighted by molar-refractivity contribution is 0.820. The molecule has 1 aromatic heterocycles. The highest BCUT2D eigenvalue weighted by Gasteiger charge is 2.13. The third-order valence-electron chi connectivity index (χ3n) is 2.64. The second-order valence-corrected chi connectivity index (χ2v) is 6.82. The zero-order valence-corrected chi connectivity index (χ0v) is 13.4. The number of nitrogen functional groups attached to an aromatic ring is 1. The minimum absolute atomic E-state index is 0.393. The van der Waals surface area contributed by atoms with Crippen molar-refractivity contribution in [2.24, 2.45) is 0 Å². The van der Waals surface area contributed by atoms with Crippen LogP contribution in [0, 0.1) is 0 Å². The van der Waals surface area contributed by atoms with Crippen molar-refractivity contribution in [2.45, 2.75) is 26.2 Å². The zero-order valence-electron chi connectivity index (χ0n) is 10.2. The highest BCUT2D eigenvalue weighted by atomic mass is 79.9. The molecule has 2 aromatic rings. The van der Waals surface area contributed by atoms with E-state index < -0.39 is 0 Å². The number of aromatic nitrogens is 1. The van der Waals surface area contributed by atoms with Crippen molar-refractivity contribution in [1.29, 1.82) is 0 Å². The monoisotopic (exact) mass is 344 g/mol. The van der Waals surface area contributed by atoms with E-state index in [9.17, 15) is 0 Å². The average Bonchev–Trinajstić information content (AvgIpc) is 2.65. The molecule has 0 aliphatic carbocycles. The van der Waals surface area contributed by atoms with Crippen LogP contribution in [0.1, 0.15) is 35.9 Å². The van der Waals surface area contributed by atoms with E-state index in [-0.39, 0.29) is 0 Å².